The molecule has 0 atom stereocenters. The molecule has 1 aromatic carbocycles. The van der Waals surface area contributed by atoms with Crippen LogP contribution in [0.5, 0.6) is 11.6 Å². The van der Waals surface area contributed by atoms with Crippen molar-refractivity contribution in [1.82, 2.24) is 9.97 Å². The molecule has 2 rings (SSSR count). The predicted octanol–water partition coefficient (Wildman–Crippen LogP) is 3.40. The average molecular weight is 313 g/mol. The monoisotopic (exact) mass is 312 g/mol. The Morgan fingerprint density at radius 3 is 2.90 bits per heavy atom. The van der Waals surface area contributed by atoms with Crippen LogP contribution in [0.25, 0.3) is 0 Å². The standard InChI is InChI=1S/C12H10ClFN4O3/c1-2-15-11-10(18(19)20)12(17-6-16-11)21-8-5-3-4-7(13)9(8)14/h3-6H,2H2,1H3,(H,15,16,17). The summed E-state index contributed by atoms with van der Waals surface area (Å²) >= 11 is 5.63. The summed E-state index contributed by atoms with van der Waals surface area (Å²) in [6.45, 7) is 2.17. The first kappa shape index (κ1) is 14.9. The van der Waals surface area contributed by atoms with Crippen LogP contribution >= 0.6 is 11.6 Å². The van der Waals surface area contributed by atoms with Crippen LogP contribution < -0.4 is 10.1 Å². The molecule has 9 heteroatoms. The number of benzene rings is 1. The number of nitrogens with zero attached hydrogens (tertiary/aromatic N) is 3. The Hall–Kier alpha value is -2.48. The van der Waals surface area contributed by atoms with E-state index in [0.29, 0.717) is 6.54 Å². The molecular formula is C12H10ClFN4O3. The lowest BCUT2D eigenvalue weighted by Gasteiger charge is -2.09. The Bertz CT molecular complexity index is 684. The van der Waals surface area contributed by atoms with Crippen molar-refractivity contribution in [2.45, 2.75) is 6.92 Å². The number of aromatic nitrogens is 2. The lowest BCUT2D eigenvalue weighted by Crippen LogP contribution is -2.06. The normalized spacial score (nSPS) is 10.2. The summed E-state index contributed by atoms with van der Waals surface area (Å²) in [6, 6.07) is 4.08. The number of ether oxygens (including phenoxy) is 1. The molecule has 0 aliphatic heterocycles. The van der Waals surface area contributed by atoms with Gasteiger partial charge >= 0.3 is 11.6 Å². The van der Waals surface area contributed by atoms with Crippen LogP contribution in [0, 0.1) is 15.9 Å². The molecule has 0 saturated carbocycles. The molecule has 0 saturated heterocycles. The fourth-order valence-corrected chi connectivity index (χ4v) is 1.73. The molecule has 0 amide bonds. The molecule has 0 aliphatic rings. The van der Waals surface area contributed by atoms with Crippen LogP contribution in [-0.4, -0.2) is 21.4 Å². The number of halogens is 2. The number of hydrogen-bond donors (Lipinski definition) is 1. The Balaban J connectivity index is 2.46. The van der Waals surface area contributed by atoms with Crippen molar-refractivity contribution in [2.75, 3.05) is 11.9 Å². The van der Waals surface area contributed by atoms with Gasteiger partial charge in [0, 0.05) is 6.54 Å². The van der Waals surface area contributed by atoms with Crippen LogP contribution in [0.15, 0.2) is 24.5 Å². The largest absolute Gasteiger partial charge is 0.430 e. The second kappa shape index (κ2) is 6.31. The quantitative estimate of drug-likeness (QED) is 0.672. The molecule has 0 aliphatic carbocycles. The zero-order valence-corrected chi connectivity index (χ0v) is 11.6. The molecule has 0 fully saturated rings. The van der Waals surface area contributed by atoms with E-state index in [0.717, 1.165) is 6.33 Å². The van der Waals surface area contributed by atoms with Crippen molar-refractivity contribution in [3.63, 3.8) is 0 Å². The van der Waals surface area contributed by atoms with E-state index in [4.69, 9.17) is 16.3 Å². The highest BCUT2D eigenvalue weighted by Gasteiger charge is 2.25. The van der Waals surface area contributed by atoms with Crippen LogP contribution in [0.3, 0.4) is 0 Å². The number of hydrogen-bond acceptors (Lipinski definition) is 6. The average Bonchev–Trinajstić information content (AvgIpc) is 2.44. The predicted molar refractivity (Wildman–Crippen MR) is 74.3 cm³/mol. The SMILES string of the molecule is CCNc1ncnc(Oc2cccc(Cl)c2F)c1[N+](=O)[O-]. The molecular weight excluding hydrogens is 303 g/mol. The van der Waals surface area contributed by atoms with Crippen LogP contribution in [0.2, 0.25) is 5.02 Å². The second-order valence-electron chi connectivity index (χ2n) is 3.82. The van der Waals surface area contributed by atoms with Gasteiger partial charge in [-0.25, -0.2) is 9.37 Å². The molecule has 2 aromatic rings. The number of anilines is 1. The summed E-state index contributed by atoms with van der Waals surface area (Å²) < 4.78 is 19.0. The van der Waals surface area contributed by atoms with Gasteiger partial charge in [-0.05, 0) is 19.1 Å². The van der Waals surface area contributed by atoms with Crippen molar-refractivity contribution in [1.29, 1.82) is 0 Å². The third-order valence-corrected chi connectivity index (χ3v) is 2.73. The minimum absolute atomic E-state index is 0.00469. The summed E-state index contributed by atoms with van der Waals surface area (Å²) in [7, 11) is 0. The molecule has 7 nitrogen and oxygen atoms in total. The van der Waals surface area contributed by atoms with Gasteiger partial charge < -0.3 is 10.1 Å². The molecule has 0 spiro atoms. The summed E-state index contributed by atoms with van der Waals surface area (Å²) in [5.74, 6) is -1.45. The van der Waals surface area contributed by atoms with Gasteiger partial charge in [0.1, 0.15) is 6.33 Å². The van der Waals surface area contributed by atoms with Crippen molar-refractivity contribution in [3.8, 4) is 11.6 Å². The van der Waals surface area contributed by atoms with Crippen molar-refractivity contribution < 1.29 is 14.1 Å². The maximum absolute atomic E-state index is 13.8. The summed E-state index contributed by atoms with van der Waals surface area (Å²) in [4.78, 5) is 17.9. The highest BCUT2D eigenvalue weighted by Crippen LogP contribution is 2.35. The van der Waals surface area contributed by atoms with E-state index >= 15 is 0 Å². The molecule has 110 valence electrons. The third-order valence-electron chi connectivity index (χ3n) is 2.44. The van der Waals surface area contributed by atoms with E-state index in [2.05, 4.69) is 15.3 Å². The smallest absolute Gasteiger partial charge is 0.373 e. The minimum atomic E-state index is -0.822. The Morgan fingerprint density at radius 1 is 1.48 bits per heavy atom. The van der Waals surface area contributed by atoms with Gasteiger partial charge in [0.15, 0.2) is 11.6 Å². The molecule has 1 N–H and O–H groups in total. The number of nitro groups is 1. The van der Waals surface area contributed by atoms with Gasteiger partial charge in [0.2, 0.25) is 5.82 Å². The fraction of sp³-hybridized carbons (Fsp3) is 0.167. The lowest BCUT2D eigenvalue weighted by molar-refractivity contribution is -0.385. The summed E-state index contributed by atoms with van der Waals surface area (Å²) in [5, 5.41) is 13.7. The first-order valence-electron chi connectivity index (χ1n) is 5.89. The fourth-order valence-electron chi connectivity index (χ4n) is 1.57. The van der Waals surface area contributed by atoms with Crippen LogP contribution in [-0.2, 0) is 0 Å². The first-order valence-corrected chi connectivity index (χ1v) is 6.27. The van der Waals surface area contributed by atoms with Gasteiger partial charge in [-0.1, -0.05) is 17.7 Å². The topological polar surface area (TPSA) is 90.2 Å². The van der Waals surface area contributed by atoms with E-state index in [1.807, 2.05) is 0 Å². The Kier molecular flexibility index (Phi) is 4.49. The summed E-state index contributed by atoms with van der Waals surface area (Å²) in [6.07, 6.45) is 1.09. The highest BCUT2D eigenvalue weighted by molar-refractivity contribution is 6.30. The zero-order chi connectivity index (χ0) is 15.4. The lowest BCUT2D eigenvalue weighted by atomic mass is 10.3. The summed E-state index contributed by atoms with van der Waals surface area (Å²) in [5.41, 5.74) is -0.473. The van der Waals surface area contributed by atoms with E-state index in [1.54, 1.807) is 6.92 Å². The van der Waals surface area contributed by atoms with Gasteiger partial charge in [0.05, 0.1) is 9.95 Å². The molecule has 1 heterocycles. The van der Waals surface area contributed by atoms with Gasteiger partial charge in [-0.2, -0.15) is 4.98 Å². The molecule has 21 heavy (non-hydrogen) atoms. The zero-order valence-electron chi connectivity index (χ0n) is 10.8. The number of nitrogens with one attached hydrogen (secondary N) is 1. The van der Waals surface area contributed by atoms with Crippen molar-refractivity contribution in [3.05, 3.63) is 45.5 Å². The molecule has 0 bridgehead atoms. The highest BCUT2D eigenvalue weighted by atomic mass is 35.5. The number of rotatable bonds is 5. The van der Waals surface area contributed by atoms with Crippen molar-refractivity contribution in [2.24, 2.45) is 0 Å². The maximum Gasteiger partial charge on any atom is 0.373 e. The van der Waals surface area contributed by atoms with E-state index in [9.17, 15) is 14.5 Å². The van der Waals surface area contributed by atoms with E-state index in [-0.39, 0.29) is 22.5 Å². The van der Waals surface area contributed by atoms with Gasteiger partial charge in [0.25, 0.3) is 0 Å². The van der Waals surface area contributed by atoms with Gasteiger partial charge in [-0.3, -0.25) is 10.1 Å². The Morgan fingerprint density at radius 2 is 2.24 bits per heavy atom. The van der Waals surface area contributed by atoms with E-state index in [1.165, 1.54) is 18.2 Å². The molecule has 1 aromatic heterocycles. The first-order chi connectivity index (χ1) is 10.0. The van der Waals surface area contributed by atoms with Crippen molar-refractivity contribution >= 4 is 23.1 Å². The van der Waals surface area contributed by atoms with Gasteiger partial charge in [-0.15, -0.1) is 0 Å². The molecule has 0 unspecified atom stereocenters. The minimum Gasteiger partial charge on any atom is -0.430 e. The maximum atomic E-state index is 13.8. The second-order valence-corrected chi connectivity index (χ2v) is 4.22. The van der Waals surface area contributed by atoms with Crippen LogP contribution in [0.4, 0.5) is 15.9 Å². The third kappa shape index (κ3) is 3.16. The Labute approximate surface area is 123 Å². The van der Waals surface area contributed by atoms with E-state index < -0.39 is 16.4 Å². The molecule has 0 radical (unpaired) electrons. The van der Waals surface area contributed by atoms with Crippen LogP contribution in [0.1, 0.15) is 6.92 Å².